The zero-order valence-electron chi connectivity index (χ0n) is 9.60. The molecule has 0 aromatic heterocycles. The predicted octanol–water partition coefficient (Wildman–Crippen LogP) is 3.02. The minimum absolute atomic E-state index is 0. The van der Waals surface area contributed by atoms with Gasteiger partial charge in [0.15, 0.2) is 0 Å². The molecule has 2 aromatic carbocycles. The maximum atomic E-state index is 5.61. The van der Waals surface area contributed by atoms with E-state index < -0.39 is 0 Å². The molecule has 0 saturated heterocycles. The van der Waals surface area contributed by atoms with E-state index in [1.165, 1.54) is 11.1 Å². The van der Waals surface area contributed by atoms with E-state index in [-0.39, 0.29) is 29.6 Å². The third-order valence-corrected chi connectivity index (χ3v) is 2.22. The molecule has 1 radical (unpaired) electrons. The zero-order valence-corrected chi connectivity index (χ0v) is 11.6. The van der Waals surface area contributed by atoms with E-state index in [1.807, 2.05) is 36.4 Å². The first-order valence-electron chi connectivity index (χ1n) is 5.11. The van der Waals surface area contributed by atoms with E-state index in [0.29, 0.717) is 13.2 Å². The second kappa shape index (κ2) is 7.64. The van der Waals surface area contributed by atoms with Gasteiger partial charge < -0.3 is 4.74 Å². The minimum Gasteiger partial charge on any atom is -0.372 e. The molecule has 0 N–H and O–H groups in total. The van der Waals surface area contributed by atoms with Crippen molar-refractivity contribution in [3.63, 3.8) is 0 Å². The van der Waals surface area contributed by atoms with Gasteiger partial charge >= 0.3 is 0 Å². The fourth-order valence-electron chi connectivity index (χ4n) is 1.44. The van der Waals surface area contributed by atoms with Crippen LogP contribution < -0.4 is 0 Å². The smallest absolute Gasteiger partial charge is 0.0721 e. The number of ether oxygens (including phenoxy) is 1. The Morgan fingerprint density at radius 1 is 0.625 bits per heavy atom. The van der Waals surface area contributed by atoms with Crippen molar-refractivity contribution >= 4 is 29.6 Å². The second-order valence-corrected chi connectivity index (χ2v) is 3.46. The van der Waals surface area contributed by atoms with E-state index in [4.69, 9.17) is 4.74 Å². The monoisotopic (exact) mass is 221 g/mol. The molecule has 0 aliphatic rings. The largest absolute Gasteiger partial charge is 0.372 e. The van der Waals surface area contributed by atoms with Gasteiger partial charge in [0.2, 0.25) is 0 Å². The van der Waals surface area contributed by atoms with E-state index >= 15 is 0 Å². The van der Waals surface area contributed by atoms with E-state index in [1.54, 1.807) is 0 Å². The molecular formula is C14H14NaO. The summed E-state index contributed by atoms with van der Waals surface area (Å²) in [6, 6.07) is 20.4. The summed E-state index contributed by atoms with van der Waals surface area (Å²) >= 11 is 0. The maximum absolute atomic E-state index is 5.61. The minimum atomic E-state index is 0. The molecule has 0 aliphatic heterocycles. The van der Waals surface area contributed by atoms with Crippen molar-refractivity contribution in [2.45, 2.75) is 13.2 Å². The molecule has 0 fully saturated rings. The van der Waals surface area contributed by atoms with Crippen LogP contribution in [-0.2, 0) is 18.0 Å². The fourth-order valence-corrected chi connectivity index (χ4v) is 1.44. The maximum Gasteiger partial charge on any atom is 0.0721 e. The normalized spacial score (nSPS) is 9.50. The molecule has 0 saturated carbocycles. The second-order valence-electron chi connectivity index (χ2n) is 3.46. The molecule has 16 heavy (non-hydrogen) atoms. The van der Waals surface area contributed by atoms with Crippen molar-refractivity contribution < 1.29 is 4.74 Å². The van der Waals surface area contributed by atoms with Crippen molar-refractivity contribution in [2.24, 2.45) is 0 Å². The third kappa shape index (κ3) is 4.50. The molecule has 2 aromatic rings. The van der Waals surface area contributed by atoms with Crippen molar-refractivity contribution in [2.75, 3.05) is 0 Å². The molecule has 0 spiro atoms. The van der Waals surface area contributed by atoms with Crippen LogP contribution in [0.1, 0.15) is 11.1 Å². The molecule has 0 amide bonds. The SMILES string of the molecule is [Na].c1ccc(COCc2ccccc2)cc1. The number of hydrogen-bond donors (Lipinski definition) is 0. The van der Waals surface area contributed by atoms with Crippen LogP contribution in [0.25, 0.3) is 0 Å². The standard InChI is InChI=1S/C14H14O.Na/c1-3-7-13(8-4-1)11-15-12-14-9-5-2-6-10-14;/h1-10H,11-12H2;. The summed E-state index contributed by atoms with van der Waals surface area (Å²) in [5.74, 6) is 0. The number of rotatable bonds is 4. The zero-order chi connectivity index (χ0) is 10.3. The molecule has 2 rings (SSSR count). The van der Waals surface area contributed by atoms with Gasteiger partial charge in [-0.05, 0) is 11.1 Å². The first-order chi connectivity index (χ1) is 7.45. The Kier molecular flexibility index (Phi) is 6.43. The Morgan fingerprint density at radius 2 is 1.00 bits per heavy atom. The average molecular weight is 221 g/mol. The molecule has 0 atom stereocenters. The van der Waals surface area contributed by atoms with E-state index in [0.717, 1.165) is 0 Å². The Balaban J connectivity index is 0.00000128. The van der Waals surface area contributed by atoms with Gasteiger partial charge in [-0.3, -0.25) is 0 Å². The molecular weight excluding hydrogens is 207 g/mol. The van der Waals surface area contributed by atoms with Gasteiger partial charge in [0.05, 0.1) is 13.2 Å². The summed E-state index contributed by atoms with van der Waals surface area (Å²) in [6.07, 6.45) is 0. The Hall–Kier alpha value is -0.600. The van der Waals surface area contributed by atoms with Crippen LogP contribution in [0.5, 0.6) is 0 Å². The van der Waals surface area contributed by atoms with Crippen molar-refractivity contribution in [3.8, 4) is 0 Å². The van der Waals surface area contributed by atoms with Gasteiger partial charge in [0.1, 0.15) is 0 Å². The van der Waals surface area contributed by atoms with Crippen molar-refractivity contribution in [3.05, 3.63) is 71.8 Å². The van der Waals surface area contributed by atoms with Crippen LogP contribution >= 0.6 is 0 Å². The molecule has 2 heteroatoms. The van der Waals surface area contributed by atoms with E-state index in [2.05, 4.69) is 24.3 Å². The van der Waals surface area contributed by atoms with Gasteiger partial charge in [0, 0.05) is 29.6 Å². The van der Waals surface area contributed by atoms with Crippen LogP contribution in [0.15, 0.2) is 60.7 Å². The average Bonchev–Trinajstić information content (AvgIpc) is 2.32. The van der Waals surface area contributed by atoms with Crippen molar-refractivity contribution in [1.29, 1.82) is 0 Å². The number of hydrogen-bond acceptors (Lipinski definition) is 1. The predicted molar refractivity (Wildman–Crippen MR) is 67.1 cm³/mol. The van der Waals surface area contributed by atoms with Gasteiger partial charge in [-0.1, -0.05) is 60.7 Å². The summed E-state index contributed by atoms with van der Waals surface area (Å²) in [6.45, 7) is 1.35. The molecule has 0 unspecified atom stereocenters. The van der Waals surface area contributed by atoms with Crippen molar-refractivity contribution in [1.82, 2.24) is 0 Å². The van der Waals surface area contributed by atoms with E-state index in [9.17, 15) is 0 Å². The molecule has 77 valence electrons. The number of benzene rings is 2. The van der Waals surface area contributed by atoms with Crippen LogP contribution in [0.2, 0.25) is 0 Å². The van der Waals surface area contributed by atoms with Crippen LogP contribution in [0.4, 0.5) is 0 Å². The summed E-state index contributed by atoms with van der Waals surface area (Å²) in [7, 11) is 0. The first kappa shape index (κ1) is 13.5. The van der Waals surface area contributed by atoms with Gasteiger partial charge in [-0.15, -0.1) is 0 Å². The summed E-state index contributed by atoms with van der Waals surface area (Å²) < 4.78 is 5.61. The van der Waals surface area contributed by atoms with Crippen LogP contribution in [0.3, 0.4) is 0 Å². The van der Waals surface area contributed by atoms with Gasteiger partial charge in [-0.25, -0.2) is 0 Å². The first-order valence-corrected chi connectivity index (χ1v) is 5.11. The summed E-state index contributed by atoms with van der Waals surface area (Å²) in [5, 5.41) is 0. The van der Waals surface area contributed by atoms with Crippen LogP contribution in [0, 0.1) is 0 Å². The topological polar surface area (TPSA) is 9.23 Å². The summed E-state index contributed by atoms with van der Waals surface area (Å²) in [4.78, 5) is 0. The molecule has 0 bridgehead atoms. The Morgan fingerprint density at radius 3 is 1.38 bits per heavy atom. The fraction of sp³-hybridized carbons (Fsp3) is 0.143. The van der Waals surface area contributed by atoms with Crippen LogP contribution in [-0.4, -0.2) is 29.6 Å². The molecule has 0 heterocycles. The molecule has 1 nitrogen and oxygen atoms in total. The Labute approximate surface area is 119 Å². The molecule has 0 aliphatic carbocycles. The third-order valence-electron chi connectivity index (χ3n) is 2.22. The summed E-state index contributed by atoms with van der Waals surface area (Å²) in [5.41, 5.74) is 2.43. The van der Waals surface area contributed by atoms with Gasteiger partial charge in [-0.2, -0.15) is 0 Å². The van der Waals surface area contributed by atoms with Gasteiger partial charge in [0.25, 0.3) is 0 Å². The quantitative estimate of drug-likeness (QED) is 0.721. The Bertz CT molecular complexity index is 346.